The first-order valence-corrected chi connectivity index (χ1v) is 28.8. The first kappa shape index (κ1) is 64.9. The fraction of sp³-hybridized carbons (Fsp3) is 0.845. The maximum atomic E-state index is 13.9. The first-order valence-electron chi connectivity index (χ1n) is 28.8. The van der Waals surface area contributed by atoms with E-state index >= 15 is 0 Å². The van der Waals surface area contributed by atoms with E-state index in [0.29, 0.717) is 31.3 Å². The quantitative estimate of drug-likeness (QED) is 0.0565. The Balaban J connectivity index is 1.14. The molecule has 466 valence electrons. The minimum Gasteiger partial charge on any atom is -0.479 e. The molecule has 0 aromatic carbocycles. The summed E-state index contributed by atoms with van der Waals surface area (Å²) in [7, 11) is 0. The molecule has 11 unspecified atom stereocenters. The first-order chi connectivity index (χ1) is 38.4. The van der Waals surface area contributed by atoms with Gasteiger partial charge in [-0.15, -0.1) is 0 Å². The molecule has 8 rings (SSSR count). The van der Waals surface area contributed by atoms with Crippen LogP contribution in [-0.4, -0.2) is 227 Å². The Kier molecular flexibility index (Phi) is 18.9. The van der Waals surface area contributed by atoms with Gasteiger partial charge in [0.15, 0.2) is 31.1 Å². The Morgan fingerprint density at radius 1 is 0.634 bits per heavy atom. The average molecular weight is 1170 g/mol. The van der Waals surface area contributed by atoms with Gasteiger partial charge in [0.2, 0.25) is 0 Å². The highest BCUT2D eigenvalue weighted by Crippen LogP contribution is 2.76. The van der Waals surface area contributed by atoms with Gasteiger partial charge >= 0.3 is 17.9 Å². The van der Waals surface area contributed by atoms with Gasteiger partial charge in [-0.3, -0.25) is 0 Å². The van der Waals surface area contributed by atoms with E-state index in [1.54, 1.807) is 39.8 Å². The summed E-state index contributed by atoms with van der Waals surface area (Å²) < 4.78 is 49.0. The highest BCUT2D eigenvalue weighted by Gasteiger charge is 2.76. The second-order valence-electron chi connectivity index (χ2n) is 26.2. The van der Waals surface area contributed by atoms with Crippen LogP contribution in [0.5, 0.6) is 0 Å². The number of hydrogen-bond donors (Lipinski definition) is 13. The van der Waals surface area contributed by atoms with Gasteiger partial charge < -0.3 is 104 Å². The van der Waals surface area contributed by atoms with Crippen molar-refractivity contribution < 1.29 is 119 Å². The van der Waals surface area contributed by atoms with Crippen LogP contribution in [0.3, 0.4) is 0 Å². The van der Waals surface area contributed by atoms with Crippen molar-refractivity contribution in [2.45, 2.75) is 231 Å². The molecule has 3 heterocycles. The summed E-state index contributed by atoms with van der Waals surface area (Å²) in [6.45, 7) is 15.5. The van der Waals surface area contributed by atoms with Gasteiger partial charge in [-0.2, -0.15) is 0 Å². The molecule has 13 N–H and O–H groups in total. The minimum absolute atomic E-state index is 0.195. The molecule has 82 heavy (non-hydrogen) atoms. The normalized spacial score (nSPS) is 49.5. The Hall–Kier alpha value is -3.09. The van der Waals surface area contributed by atoms with Gasteiger partial charge in [0.1, 0.15) is 61.0 Å². The second-order valence-corrected chi connectivity index (χ2v) is 26.2. The summed E-state index contributed by atoms with van der Waals surface area (Å²) in [4.78, 5) is 40.5. The SMILES string of the molecule is C/C=C(/C)C(=O)O[C@H]1[C@H](OC(=O)/C(C)=C\C)[C@@]2(CO)C(CC1(C)C)C1=CCC3[C@@]4(C)CC[C@H](O[C@@H]5OC(C(=O)O)[C@@H](O)C(O[C@@H]6O[C@@H](CO)C(O)C6O)CC5O[C@@H]5OC(CO)[C@@H](O)C(O)C5O)[C@](C)(CO)C4CC[C@@]3(C)[C@]1(C)[C@@H](O)[C@H]2O. The lowest BCUT2D eigenvalue weighted by Gasteiger charge is -2.73. The topological polar surface area (TPSA) is 388 Å². The van der Waals surface area contributed by atoms with Crippen LogP contribution in [-0.2, 0) is 52.3 Å². The van der Waals surface area contributed by atoms with Gasteiger partial charge in [0.25, 0.3) is 0 Å². The van der Waals surface area contributed by atoms with Crippen molar-refractivity contribution in [2.24, 2.45) is 50.2 Å². The van der Waals surface area contributed by atoms with Crippen LogP contribution in [0, 0.1) is 50.2 Å². The van der Waals surface area contributed by atoms with Gasteiger partial charge in [-0.25, -0.2) is 14.4 Å². The number of aliphatic hydroxyl groups is 12. The van der Waals surface area contributed by atoms with Crippen LogP contribution in [0.25, 0.3) is 0 Å². The zero-order valence-electron chi connectivity index (χ0n) is 48.5. The highest BCUT2D eigenvalue weighted by atomic mass is 16.8. The third kappa shape index (κ3) is 10.3. The van der Waals surface area contributed by atoms with Crippen LogP contribution in [0.1, 0.15) is 114 Å². The van der Waals surface area contributed by atoms with Crippen molar-refractivity contribution >= 4 is 17.9 Å². The van der Waals surface area contributed by atoms with Gasteiger partial charge in [-0.1, -0.05) is 65.3 Å². The standard InChI is InChI=1S/C58H90O24/c1-11-25(3)48(73)81-45-46(82-49(74)26(4)12-2)58(24-62)28(20-53(45,5)6)27-13-14-34-54(7)17-16-35(55(8,23-61)33(54)15-18-56(34,9)57(27,10)43(69)44(58)70)79-50-30(76-52-41(68)39(66)36(63)31(21-59)77-52)19-29(38(65)42(80-50)47(71)72)75-51-40(67)37(64)32(22-60)78-51/h11-13,28-46,50-52,59-70H,14-24H2,1-10H3,(H,71,72)/b25-11-,26-12-/t28?,29?,30?,31?,32-,33?,34?,35-,36+,37?,38-,39?,40?,41?,42?,43-,44+,45-,46-,50+,51+,52+,54-,55+,56+,57-,58-/m0/s1. The van der Waals surface area contributed by atoms with Crippen molar-refractivity contribution in [3.8, 4) is 0 Å². The van der Waals surface area contributed by atoms with E-state index in [-0.39, 0.29) is 30.3 Å². The molecule has 0 aromatic rings. The maximum Gasteiger partial charge on any atom is 0.335 e. The predicted molar refractivity (Wildman–Crippen MR) is 283 cm³/mol. The molecule has 5 aliphatic carbocycles. The van der Waals surface area contributed by atoms with Crippen LogP contribution >= 0.6 is 0 Å². The van der Waals surface area contributed by atoms with Crippen molar-refractivity contribution in [3.63, 3.8) is 0 Å². The number of carbonyl (C=O) groups excluding carboxylic acids is 2. The van der Waals surface area contributed by atoms with E-state index in [1.807, 2.05) is 27.7 Å². The van der Waals surface area contributed by atoms with E-state index in [1.165, 1.54) is 0 Å². The van der Waals surface area contributed by atoms with Crippen LogP contribution < -0.4 is 0 Å². The monoisotopic (exact) mass is 1170 g/mol. The number of aliphatic carboxylic acids is 1. The van der Waals surface area contributed by atoms with Crippen LogP contribution in [0.15, 0.2) is 34.9 Å². The number of aliphatic hydroxyl groups excluding tert-OH is 12. The van der Waals surface area contributed by atoms with E-state index < -0.39 is 206 Å². The van der Waals surface area contributed by atoms with Crippen LogP contribution in [0.2, 0.25) is 0 Å². The van der Waals surface area contributed by atoms with Crippen molar-refractivity contribution in [1.82, 2.24) is 0 Å². The number of esters is 2. The lowest BCUT2D eigenvalue weighted by molar-refractivity contribution is -0.345. The zero-order valence-corrected chi connectivity index (χ0v) is 48.5. The smallest absolute Gasteiger partial charge is 0.335 e. The molecular weight excluding hydrogens is 1080 g/mol. The number of carbonyl (C=O) groups is 3. The molecule has 0 aromatic heterocycles. The number of carboxylic acids is 1. The second kappa shape index (κ2) is 23.9. The predicted octanol–water partition coefficient (Wildman–Crippen LogP) is -0.375. The maximum absolute atomic E-state index is 13.9. The lowest BCUT2D eigenvalue weighted by atomic mass is 9.32. The molecule has 0 spiro atoms. The molecule has 3 saturated heterocycles. The number of hydrogen-bond acceptors (Lipinski definition) is 23. The third-order valence-corrected chi connectivity index (χ3v) is 21.8. The summed E-state index contributed by atoms with van der Waals surface area (Å²) >= 11 is 0. The average Bonchev–Trinajstić information content (AvgIpc) is 0.849. The minimum atomic E-state index is -2.15. The molecule has 3 aliphatic heterocycles. The number of carboxylic acid groups (broad SMARTS) is 1. The van der Waals surface area contributed by atoms with Crippen molar-refractivity contribution in [1.29, 1.82) is 0 Å². The molecule has 24 nitrogen and oxygen atoms in total. The lowest BCUT2D eigenvalue weighted by Crippen LogP contribution is -2.76. The molecule has 7 fully saturated rings. The van der Waals surface area contributed by atoms with E-state index in [4.69, 9.17) is 37.9 Å². The number of ether oxygens (including phenoxy) is 8. The largest absolute Gasteiger partial charge is 0.479 e. The fourth-order valence-electron chi connectivity index (χ4n) is 16.4. The van der Waals surface area contributed by atoms with Crippen molar-refractivity contribution in [2.75, 3.05) is 26.4 Å². The number of allylic oxidation sites excluding steroid dienone is 3. The van der Waals surface area contributed by atoms with Crippen LogP contribution in [0.4, 0.5) is 0 Å². The Bertz CT molecular complexity index is 2430. The summed E-state index contributed by atoms with van der Waals surface area (Å²) in [5.41, 5.74) is -5.16. The number of rotatable bonds is 15. The molecular formula is C58H90O24. The van der Waals surface area contributed by atoms with Gasteiger partial charge in [-0.05, 0) is 94.8 Å². The molecule has 0 radical (unpaired) electrons. The molecule has 0 amide bonds. The Morgan fingerprint density at radius 3 is 1.72 bits per heavy atom. The van der Waals surface area contributed by atoms with Gasteiger partial charge in [0.05, 0.1) is 56.3 Å². The van der Waals surface area contributed by atoms with Gasteiger partial charge in [0, 0.05) is 33.8 Å². The number of fused-ring (bicyclic) bond motifs is 7. The summed E-state index contributed by atoms with van der Waals surface area (Å²) in [5, 5.41) is 146. The fourth-order valence-corrected chi connectivity index (χ4v) is 16.4. The third-order valence-electron chi connectivity index (χ3n) is 21.8. The molecule has 0 bridgehead atoms. The summed E-state index contributed by atoms with van der Waals surface area (Å²) in [5.74, 6) is -4.43. The van der Waals surface area contributed by atoms with E-state index in [0.717, 1.165) is 5.57 Å². The van der Waals surface area contributed by atoms with E-state index in [9.17, 15) is 80.8 Å². The molecule has 4 saturated carbocycles. The summed E-state index contributed by atoms with van der Waals surface area (Å²) in [6.07, 6.45) is -24.8. The molecule has 24 heteroatoms. The Labute approximate surface area is 477 Å². The Morgan fingerprint density at radius 2 is 1.18 bits per heavy atom. The highest BCUT2D eigenvalue weighted by molar-refractivity contribution is 5.89. The van der Waals surface area contributed by atoms with Crippen molar-refractivity contribution in [3.05, 3.63) is 34.9 Å². The van der Waals surface area contributed by atoms with E-state index in [2.05, 4.69) is 19.9 Å². The molecule has 27 atom stereocenters. The molecule has 8 aliphatic rings. The summed E-state index contributed by atoms with van der Waals surface area (Å²) in [6, 6.07) is 0. The zero-order chi connectivity index (χ0) is 60.7.